The third-order valence-corrected chi connectivity index (χ3v) is 3.61. The van der Waals surface area contributed by atoms with Gasteiger partial charge in [0.2, 0.25) is 0 Å². The topological polar surface area (TPSA) is 29.9 Å². The minimum Gasteiger partial charge on any atom is -0.311 e. The van der Waals surface area contributed by atoms with E-state index in [4.69, 9.17) is 0 Å². The van der Waals surface area contributed by atoms with Gasteiger partial charge < -0.3 is 5.32 Å². The van der Waals surface area contributed by atoms with E-state index < -0.39 is 0 Å². The van der Waals surface area contributed by atoms with Crippen molar-refractivity contribution in [3.63, 3.8) is 0 Å². The second kappa shape index (κ2) is 5.00. The Bertz CT molecular complexity index is 324. The first kappa shape index (κ1) is 11.6. The average Bonchev–Trinajstić information content (AvgIpc) is 2.89. The van der Waals surface area contributed by atoms with Gasteiger partial charge in [-0.1, -0.05) is 13.3 Å². The number of rotatable bonds is 5. The molecule has 90 valence electrons. The molecule has 3 nitrogen and oxygen atoms in total. The van der Waals surface area contributed by atoms with Crippen LogP contribution in [0.3, 0.4) is 0 Å². The zero-order chi connectivity index (χ0) is 11.4. The van der Waals surface area contributed by atoms with E-state index in [-0.39, 0.29) is 0 Å². The van der Waals surface area contributed by atoms with Crippen molar-refractivity contribution in [3.8, 4) is 0 Å². The van der Waals surface area contributed by atoms with Crippen LogP contribution in [0.15, 0.2) is 12.4 Å². The molecule has 0 radical (unpaired) electrons. The molecule has 0 amide bonds. The van der Waals surface area contributed by atoms with Gasteiger partial charge in [-0.3, -0.25) is 4.68 Å². The highest BCUT2D eigenvalue weighted by Gasteiger charge is 2.32. The standard InChI is InChI=1S/C13H23N3/c1-3-6-13(7-5-8-14-13)9-12-10-15-16(4-2)11-12/h10-11,14H,3-9H2,1-2H3. The van der Waals surface area contributed by atoms with Crippen molar-refractivity contribution in [1.29, 1.82) is 0 Å². The highest BCUT2D eigenvalue weighted by atomic mass is 15.3. The Morgan fingerprint density at radius 3 is 2.94 bits per heavy atom. The van der Waals surface area contributed by atoms with Crippen molar-refractivity contribution >= 4 is 0 Å². The largest absolute Gasteiger partial charge is 0.311 e. The minimum atomic E-state index is 0.357. The number of aryl methyl sites for hydroxylation is 1. The molecule has 0 aromatic carbocycles. The smallest absolute Gasteiger partial charge is 0.0522 e. The van der Waals surface area contributed by atoms with E-state index in [9.17, 15) is 0 Å². The van der Waals surface area contributed by atoms with Crippen LogP contribution in [0.2, 0.25) is 0 Å². The monoisotopic (exact) mass is 221 g/mol. The maximum atomic E-state index is 4.36. The van der Waals surface area contributed by atoms with Crippen LogP contribution in [0.5, 0.6) is 0 Å². The van der Waals surface area contributed by atoms with Crippen LogP contribution < -0.4 is 5.32 Å². The molecule has 0 bridgehead atoms. The van der Waals surface area contributed by atoms with Crippen LogP contribution in [0.1, 0.15) is 45.1 Å². The zero-order valence-electron chi connectivity index (χ0n) is 10.5. The van der Waals surface area contributed by atoms with Gasteiger partial charge in [-0.25, -0.2) is 0 Å². The van der Waals surface area contributed by atoms with Gasteiger partial charge in [0.1, 0.15) is 0 Å². The summed E-state index contributed by atoms with van der Waals surface area (Å²) in [5.74, 6) is 0. The highest BCUT2D eigenvalue weighted by Crippen LogP contribution is 2.28. The first-order chi connectivity index (χ1) is 7.78. The van der Waals surface area contributed by atoms with Crippen molar-refractivity contribution in [1.82, 2.24) is 15.1 Å². The van der Waals surface area contributed by atoms with Crippen molar-refractivity contribution in [2.24, 2.45) is 0 Å². The number of nitrogens with zero attached hydrogens (tertiary/aromatic N) is 2. The lowest BCUT2D eigenvalue weighted by atomic mass is 9.86. The molecule has 1 aromatic heterocycles. The van der Waals surface area contributed by atoms with Crippen molar-refractivity contribution in [2.75, 3.05) is 6.54 Å². The molecule has 1 aliphatic rings. The van der Waals surface area contributed by atoms with Crippen LogP contribution in [-0.4, -0.2) is 21.9 Å². The lowest BCUT2D eigenvalue weighted by Gasteiger charge is -2.28. The number of hydrogen-bond acceptors (Lipinski definition) is 2. The summed E-state index contributed by atoms with van der Waals surface area (Å²) in [4.78, 5) is 0. The van der Waals surface area contributed by atoms with Crippen LogP contribution in [0, 0.1) is 0 Å². The highest BCUT2D eigenvalue weighted by molar-refractivity contribution is 5.11. The summed E-state index contributed by atoms with van der Waals surface area (Å²) in [6.45, 7) is 6.56. The lowest BCUT2D eigenvalue weighted by Crippen LogP contribution is -2.41. The number of nitrogens with one attached hydrogen (secondary N) is 1. The summed E-state index contributed by atoms with van der Waals surface area (Å²) in [5.41, 5.74) is 1.74. The molecule has 1 aliphatic heterocycles. The molecular formula is C13H23N3. The predicted molar refractivity (Wildman–Crippen MR) is 66.5 cm³/mol. The van der Waals surface area contributed by atoms with Crippen molar-refractivity contribution in [3.05, 3.63) is 18.0 Å². The molecule has 1 atom stereocenters. The Labute approximate surface area is 98.2 Å². The van der Waals surface area contributed by atoms with Gasteiger partial charge in [-0.05, 0) is 44.7 Å². The summed E-state index contributed by atoms with van der Waals surface area (Å²) in [6.07, 6.45) is 10.5. The summed E-state index contributed by atoms with van der Waals surface area (Å²) in [5, 5.41) is 8.07. The van der Waals surface area contributed by atoms with Crippen LogP contribution in [0.25, 0.3) is 0 Å². The SMILES string of the molecule is CCCC1(Cc2cnn(CC)c2)CCCN1. The molecule has 1 N–H and O–H groups in total. The van der Waals surface area contributed by atoms with E-state index >= 15 is 0 Å². The Kier molecular flexibility index (Phi) is 3.64. The molecular weight excluding hydrogens is 198 g/mol. The van der Waals surface area contributed by atoms with E-state index in [1.165, 1.54) is 37.8 Å². The maximum Gasteiger partial charge on any atom is 0.0522 e. The van der Waals surface area contributed by atoms with Gasteiger partial charge >= 0.3 is 0 Å². The fourth-order valence-corrected chi connectivity index (χ4v) is 2.86. The average molecular weight is 221 g/mol. The summed E-state index contributed by atoms with van der Waals surface area (Å²) >= 11 is 0. The van der Waals surface area contributed by atoms with E-state index in [0.717, 1.165) is 13.0 Å². The Morgan fingerprint density at radius 2 is 2.38 bits per heavy atom. The first-order valence-electron chi connectivity index (χ1n) is 6.54. The van der Waals surface area contributed by atoms with Crippen LogP contribution in [-0.2, 0) is 13.0 Å². The predicted octanol–water partition coefficient (Wildman–Crippen LogP) is 2.37. The van der Waals surface area contributed by atoms with Crippen molar-refractivity contribution < 1.29 is 0 Å². The molecule has 0 spiro atoms. The Balaban J connectivity index is 2.05. The molecule has 1 saturated heterocycles. The minimum absolute atomic E-state index is 0.357. The zero-order valence-corrected chi connectivity index (χ0v) is 10.5. The third kappa shape index (κ3) is 2.46. The fourth-order valence-electron chi connectivity index (χ4n) is 2.86. The van der Waals surface area contributed by atoms with Crippen LogP contribution >= 0.6 is 0 Å². The summed E-state index contributed by atoms with van der Waals surface area (Å²) in [7, 11) is 0. The molecule has 1 fully saturated rings. The van der Waals surface area contributed by atoms with E-state index in [1.807, 2.05) is 10.9 Å². The normalized spacial score (nSPS) is 25.1. The summed E-state index contributed by atoms with van der Waals surface area (Å²) < 4.78 is 2.02. The van der Waals surface area contributed by atoms with E-state index in [2.05, 4.69) is 30.5 Å². The lowest BCUT2D eigenvalue weighted by molar-refractivity contribution is 0.342. The molecule has 0 aliphatic carbocycles. The van der Waals surface area contributed by atoms with Gasteiger partial charge in [-0.2, -0.15) is 5.10 Å². The van der Waals surface area contributed by atoms with Crippen LogP contribution in [0.4, 0.5) is 0 Å². The molecule has 16 heavy (non-hydrogen) atoms. The first-order valence-corrected chi connectivity index (χ1v) is 6.54. The quantitative estimate of drug-likeness (QED) is 0.827. The summed E-state index contributed by atoms with van der Waals surface area (Å²) in [6, 6.07) is 0. The molecule has 2 rings (SSSR count). The second-order valence-corrected chi connectivity index (χ2v) is 4.94. The van der Waals surface area contributed by atoms with E-state index in [0.29, 0.717) is 5.54 Å². The van der Waals surface area contributed by atoms with Gasteiger partial charge in [0.15, 0.2) is 0 Å². The third-order valence-electron chi connectivity index (χ3n) is 3.61. The molecule has 2 heterocycles. The molecule has 1 aromatic rings. The fraction of sp³-hybridized carbons (Fsp3) is 0.769. The van der Waals surface area contributed by atoms with Gasteiger partial charge in [0, 0.05) is 18.3 Å². The second-order valence-electron chi connectivity index (χ2n) is 4.94. The molecule has 0 saturated carbocycles. The number of hydrogen-bond donors (Lipinski definition) is 1. The Morgan fingerprint density at radius 1 is 1.50 bits per heavy atom. The Hall–Kier alpha value is -0.830. The van der Waals surface area contributed by atoms with Gasteiger partial charge in [0.05, 0.1) is 6.20 Å². The van der Waals surface area contributed by atoms with Gasteiger partial charge in [-0.15, -0.1) is 0 Å². The van der Waals surface area contributed by atoms with Gasteiger partial charge in [0.25, 0.3) is 0 Å². The molecule has 3 heteroatoms. The van der Waals surface area contributed by atoms with Crippen molar-refractivity contribution in [2.45, 2.75) is 58.0 Å². The molecule has 1 unspecified atom stereocenters. The van der Waals surface area contributed by atoms with E-state index in [1.54, 1.807) is 0 Å². The number of aromatic nitrogens is 2. The maximum absolute atomic E-state index is 4.36.